The monoisotopic (exact) mass is 343 g/mol. The lowest BCUT2D eigenvalue weighted by atomic mass is 9.89. The Morgan fingerprint density at radius 1 is 1.45 bits per heavy atom. The molecule has 0 aliphatic carbocycles. The number of hydrogen-bond acceptors (Lipinski definition) is 3. The van der Waals surface area contributed by atoms with Crippen molar-refractivity contribution >= 4 is 15.9 Å². The molecule has 0 aromatic carbocycles. The number of aromatic nitrogens is 2. The van der Waals surface area contributed by atoms with Crippen LogP contribution in [0.3, 0.4) is 0 Å². The van der Waals surface area contributed by atoms with Gasteiger partial charge in [0.1, 0.15) is 0 Å². The standard InChI is InChI=1S/C15H26BrN3O/c1-4-12-15(16)13(19(6-3)18-12)9-11(17)10-7-8-20-14(10)5-2/h10-11,14H,4-9,17H2,1-3H3. The normalized spacial score (nSPS) is 24.2. The number of rotatable bonds is 6. The first kappa shape index (κ1) is 16.0. The van der Waals surface area contributed by atoms with Crippen molar-refractivity contribution in [2.24, 2.45) is 11.7 Å². The van der Waals surface area contributed by atoms with Gasteiger partial charge < -0.3 is 10.5 Å². The van der Waals surface area contributed by atoms with Crippen LogP contribution in [0.4, 0.5) is 0 Å². The van der Waals surface area contributed by atoms with E-state index < -0.39 is 0 Å². The summed E-state index contributed by atoms with van der Waals surface area (Å²) in [5.41, 5.74) is 8.84. The van der Waals surface area contributed by atoms with Crippen molar-refractivity contribution in [2.75, 3.05) is 6.61 Å². The first-order valence-electron chi connectivity index (χ1n) is 7.73. The number of halogens is 1. The minimum Gasteiger partial charge on any atom is -0.378 e. The van der Waals surface area contributed by atoms with E-state index in [2.05, 4.69) is 46.5 Å². The molecule has 2 heterocycles. The molecule has 1 aromatic rings. The minimum atomic E-state index is 0.144. The van der Waals surface area contributed by atoms with E-state index in [0.717, 1.165) is 49.0 Å². The first-order valence-corrected chi connectivity index (χ1v) is 8.52. The second-order valence-electron chi connectivity index (χ2n) is 5.51. The second kappa shape index (κ2) is 7.05. The maximum Gasteiger partial charge on any atom is 0.0766 e. The zero-order valence-corrected chi connectivity index (χ0v) is 14.3. The molecule has 20 heavy (non-hydrogen) atoms. The summed E-state index contributed by atoms with van der Waals surface area (Å²) in [6.07, 6.45) is 4.27. The molecule has 0 saturated carbocycles. The third kappa shape index (κ3) is 3.10. The van der Waals surface area contributed by atoms with Crippen LogP contribution < -0.4 is 5.73 Å². The summed E-state index contributed by atoms with van der Waals surface area (Å²) >= 11 is 3.70. The van der Waals surface area contributed by atoms with Crippen LogP contribution >= 0.6 is 15.9 Å². The summed E-state index contributed by atoms with van der Waals surface area (Å²) in [7, 11) is 0. The van der Waals surface area contributed by atoms with Gasteiger partial charge in [0.25, 0.3) is 0 Å². The fourth-order valence-corrected chi connectivity index (χ4v) is 3.89. The van der Waals surface area contributed by atoms with Crippen LogP contribution in [0.2, 0.25) is 0 Å². The van der Waals surface area contributed by atoms with Gasteiger partial charge in [-0.15, -0.1) is 0 Å². The van der Waals surface area contributed by atoms with Crippen LogP contribution in [-0.4, -0.2) is 28.5 Å². The predicted octanol–water partition coefficient (Wildman–Crippen LogP) is 2.91. The average Bonchev–Trinajstić information content (AvgIpc) is 3.04. The molecule has 1 aliphatic heterocycles. The Balaban J connectivity index is 2.14. The maximum absolute atomic E-state index is 6.48. The van der Waals surface area contributed by atoms with Crippen molar-refractivity contribution in [2.45, 2.75) is 65.1 Å². The van der Waals surface area contributed by atoms with Crippen LogP contribution in [0.1, 0.15) is 45.0 Å². The SMILES string of the molecule is CCc1nn(CC)c(CC(N)C2CCOC2CC)c1Br. The Bertz CT molecular complexity index is 447. The van der Waals surface area contributed by atoms with Crippen molar-refractivity contribution in [3.63, 3.8) is 0 Å². The van der Waals surface area contributed by atoms with E-state index in [1.807, 2.05) is 0 Å². The quantitative estimate of drug-likeness (QED) is 0.863. The van der Waals surface area contributed by atoms with E-state index in [4.69, 9.17) is 10.5 Å². The van der Waals surface area contributed by atoms with E-state index in [1.165, 1.54) is 5.69 Å². The Labute approximate surface area is 130 Å². The highest BCUT2D eigenvalue weighted by atomic mass is 79.9. The van der Waals surface area contributed by atoms with Crippen LogP contribution in [0.15, 0.2) is 4.47 Å². The minimum absolute atomic E-state index is 0.144. The molecule has 0 amide bonds. The van der Waals surface area contributed by atoms with Crippen LogP contribution in [0, 0.1) is 5.92 Å². The van der Waals surface area contributed by atoms with Crippen molar-refractivity contribution in [3.05, 3.63) is 15.9 Å². The Hall–Kier alpha value is -0.390. The lowest BCUT2D eigenvalue weighted by Crippen LogP contribution is -2.37. The Morgan fingerprint density at radius 2 is 2.20 bits per heavy atom. The molecular weight excluding hydrogens is 318 g/mol. The maximum atomic E-state index is 6.48. The number of hydrogen-bond donors (Lipinski definition) is 1. The molecule has 5 heteroatoms. The van der Waals surface area contributed by atoms with E-state index >= 15 is 0 Å². The molecule has 1 fully saturated rings. The second-order valence-corrected chi connectivity index (χ2v) is 6.31. The molecule has 1 aromatic heterocycles. The van der Waals surface area contributed by atoms with Gasteiger partial charge in [-0.05, 0) is 42.1 Å². The predicted molar refractivity (Wildman–Crippen MR) is 84.8 cm³/mol. The molecule has 0 radical (unpaired) electrons. The zero-order chi connectivity index (χ0) is 14.7. The van der Waals surface area contributed by atoms with E-state index in [-0.39, 0.29) is 6.04 Å². The van der Waals surface area contributed by atoms with Crippen molar-refractivity contribution in [3.8, 4) is 0 Å². The molecule has 3 atom stereocenters. The summed E-state index contributed by atoms with van der Waals surface area (Å²) in [6, 6.07) is 0.144. The largest absolute Gasteiger partial charge is 0.378 e. The summed E-state index contributed by atoms with van der Waals surface area (Å²) < 4.78 is 9.00. The third-order valence-corrected chi connectivity index (χ3v) is 5.25. The van der Waals surface area contributed by atoms with Crippen LogP contribution in [0.25, 0.3) is 0 Å². The van der Waals surface area contributed by atoms with Gasteiger partial charge in [0.05, 0.1) is 22.0 Å². The van der Waals surface area contributed by atoms with Crippen molar-refractivity contribution in [1.82, 2.24) is 9.78 Å². The van der Waals surface area contributed by atoms with E-state index in [1.54, 1.807) is 0 Å². The van der Waals surface area contributed by atoms with Gasteiger partial charge in [-0.1, -0.05) is 13.8 Å². The van der Waals surface area contributed by atoms with Gasteiger partial charge in [0.2, 0.25) is 0 Å². The van der Waals surface area contributed by atoms with E-state index in [0.29, 0.717) is 12.0 Å². The summed E-state index contributed by atoms with van der Waals surface area (Å²) in [6.45, 7) is 8.18. The van der Waals surface area contributed by atoms with Gasteiger partial charge in [-0.3, -0.25) is 4.68 Å². The highest BCUT2D eigenvalue weighted by Gasteiger charge is 2.32. The number of nitrogens with zero attached hydrogens (tertiary/aromatic N) is 2. The number of ether oxygens (including phenoxy) is 1. The van der Waals surface area contributed by atoms with Crippen LogP contribution in [-0.2, 0) is 24.1 Å². The van der Waals surface area contributed by atoms with Crippen molar-refractivity contribution in [1.29, 1.82) is 0 Å². The average molecular weight is 344 g/mol. The van der Waals surface area contributed by atoms with Crippen molar-refractivity contribution < 1.29 is 4.74 Å². The lowest BCUT2D eigenvalue weighted by Gasteiger charge is -2.24. The number of aryl methyl sites for hydroxylation is 2. The Kier molecular flexibility index (Phi) is 5.64. The lowest BCUT2D eigenvalue weighted by molar-refractivity contribution is 0.0812. The molecule has 0 bridgehead atoms. The topological polar surface area (TPSA) is 53.1 Å². The highest BCUT2D eigenvalue weighted by molar-refractivity contribution is 9.10. The molecular formula is C15H26BrN3O. The van der Waals surface area contributed by atoms with E-state index in [9.17, 15) is 0 Å². The summed E-state index contributed by atoms with van der Waals surface area (Å²) in [5, 5.41) is 4.65. The Morgan fingerprint density at radius 3 is 2.80 bits per heavy atom. The third-order valence-electron chi connectivity index (χ3n) is 4.34. The molecule has 2 rings (SSSR count). The molecule has 2 N–H and O–H groups in total. The molecule has 1 saturated heterocycles. The van der Waals surface area contributed by atoms with Gasteiger partial charge in [0, 0.05) is 31.5 Å². The number of nitrogens with two attached hydrogens (primary N) is 1. The highest BCUT2D eigenvalue weighted by Crippen LogP contribution is 2.30. The fraction of sp³-hybridized carbons (Fsp3) is 0.800. The van der Waals surface area contributed by atoms with Gasteiger partial charge in [-0.25, -0.2) is 0 Å². The summed E-state index contributed by atoms with van der Waals surface area (Å²) in [4.78, 5) is 0. The molecule has 4 nitrogen and oxygen atoms in total. The first-order chi connectivity index (χ1) is 9.62. The fourth-order valence-electron chi connectivity index (χ4n) is 3.16. The van der Waals surface area contributed by atoms with Gasteiger partial charge >= 0.3 is 0 Å². The van der Waals surface area contributed by atoms with Gasteiger partial charge in [-0.2, -0.15) is 5.10 Å². The zero-order valence-electron chi connectivity index (χ0n) is 12.7. The molecule has 114 valence electrons. The molecule has 0 spiro atoms. The van der Waals surface area contributed by atoms with Gasteiger partial charge in [0.15, 0.2) is 0 Å². The summed E-state index contributed by atoms with van der Waals surface area (Å²) in [5.74, 6) is 0.470. The van der Waals surface area contributed by atoms with Crippen LogP contribution in [0.5, 0.6) is 0 Å². The molecule has 1 aliphatic rings. The molecule has 3 unspecified atom stereocenters. The smallest absolute Gasteiger partial charge is 0.0766 e.